The number of hydrogen-bond donors (Lipinski definition) is 0. The molecular weight excluding hydrogens is 371 g/mol. The molecule has 0 spiro atoms. The summed E-state index contributed by atoms with van der Waals surface area (Å²) in [6.07, 6.45) is 3.14. The maximum atomic E-state index is 13.9. The van der Waals surface area contributed by atoms with Gasteiger partial charge in [0.1, 0.15) is 5.82 Å². The van der Waals surface area contributed by atoms with Crippen molar-refractivity contribution in [1.82, 2.24) is 9.80 Å². The molecule has 2 aromatic rings. The molecule has 1 fully saturated rings. The van der Waals surface area contributed by atoms with Crippen LogP contribution in [-0.2, 0) is 24.2 Å². The molecule has 1 saturated heterocycles. The number of amides is 1. The van der Waals surface area contributed by atoms with E-state index in [9.17, 15) is 9.18 Å². The van der Waals surface area contributed by atoms with E-state index in [2.05, 4.69) is 16.3 Å². The summed E-state index contributed by atoms with van der Waals surface area (Å²) >= 11 is 7.91. The highest BCUT2D eigenvalue weighted by Crippen LogP contribution is 2.28. The van der Waals surface area contributed by atoms with E-state index >= 15 is 0 Å². The van der Waals surface area contributed by atoms with Crippen molar-refractivity contribution in [3.63, 3.8) is 0 Å². The van der Waals surface area contributed by atoms with Crippen LogP contribution in [0.4, 0.5) is 4.39 Å². The first-order chi connectivity index (χ1) is 12.6. The van der Waals surface area contributed by atoms with Gasteiger partial charge >= 0.3 is 0 Å². The highest BCUT2D eigenvalue weighted by atomic mass is 35.5. The predicted octanol–water partition coefficient (Wildman–Crippen LogP) is 4.13. The van der Waals surface area contributed by atoms with Gasteiger partial charge < -0.3 is 4.90 Å². The Morgan fingerprint density at radius 2 is 2.04 bits per heavy atom. The Kier molecular flexibility index (Phi) is 5.30. The van der Waals surface area contributed by atoms with Crippen LogP contribution in [-0.4, -0.2) is 41.4 Å². The molecule has 0 radical (unpaired) electrons. The van der Waals surface area contributed by atoms with Gasteiger partial charge in [-0.1, -0.05) is 17.7 Å². The molecule has 1 amide bonds. The predicted molar refractivity (Wildman–Crippen MR) is 103 cm³/mol. The van der Waals surface area contributed by atoms with Crippen LogP contribution in [0.3, 0.4) is 0 Å². The van der Waals surface area contributed by atoms with Crippen LogP contribution in [0.1, 0.15) is 28.8 Å². The number of hydrogen-bond acceptors (Lipinski definition) is 3. The number of piperidine rings is 1. The average Bonchev–Trinajstić information content (AvgIpc) is 3.12. The Bertz CT molecular complexity index is 781. The number of likely N-dealkylation sites (tertiary alicyclic amines) is 1. The molecule has 138 valence electrons. The molecular formula is C20H22ClFN2OS. The first kappa shape index (κ1) is 18.0. The van der Waals surface area contributed by atoms with Gasteiger partial charge in [-0.05, 0) is 48.4 Å². The zero-order valence-corrected chi connectivity index (χ0v) is 16.2. The number of fused-ring (bicyclic) bond motifs is 1. The number of rotatable bonds is 3. The summed E-state index contributed by atoms with van der Waals surface area (Å²) in [4.78, 5) is 18.5. The van der Waals surface area contributed by atoms with E-state index < -0.39 is 5.82 Å². The van der Waals surface area contributed by atoms with Gasteiger partial charge in [-0.2, -0.15) is 0 Å². The molecule has 1 aromatic heterocycles. The van der Waals surface area contributed by atoms with Crippen LogP contribution in [0.2, 0.25) is 5.02 Å². The molecule has 0 unspecified atom stereocenters. The van der Waals surface area contributed by atoms with Gasteiger partial charge in [0.15, 0.2) is 0 Å². The molecule has 1 aromatic carbocycles. The Morgan fingerprint density at radius 3 is 2.81 bits per heavy atom. The minimum absolute atomic E-state index is 0.0331. The van der Waals surface area contributed by atoms with E-state index in [1.54, 1.807) is 12.1 Å². The Hall–Kier alpha value is -1.43. The highest BCUT2D eigenvalue weighted by Gasteiger charge is 2.29. The quantitative estimate of drug-likeness (QED) is 0.784. The molecule has 4 rings (SSSR count). The second-order valence-corrected chi connectivity index (χ2v) is 8.49. The number of carbonyl (C=O) groups is 1. The van der Waals surface area contributed by atoms with Gasteiger partial charge in [-0.3, -0.25) is 9.69 Å². The van der Waals surface area contributed by atoms with Crippen LogP contribution in [0.25, 0.3) is 0 Å². The number of benzene rings is 1. The van der Waals surface area contributed by atoms with Crippen LogP contribution >= 0.6 is 22.9 Å². The molecule has 6 heteroatoms. The number of carbonyl (C=O) groups excluding carboxylic acids is 1. The summed E-state index contributed by atoms with van der Waals surface area (Å²) in [5.41, 5.74) is 1.77. The monoisotopic (exact) mass is 392 g/mol. The standard InChI is InChI=1S/C20H22ClFN2OS/c21-17-2-1-3-18(22)16(17)12-20(25)23-8-4-15(5-9-23)24-10-6-19-14(13-24)7-11-26-19/h1-3,7,11,15H,4-6,8-10,12-13H2. The first-order valence-corrected chi connectivity index (χ1v) is 10.4. The first-order valence-electron chi connectivity index (χ1n) is 9.12. The van der Waals surface area contributed by atoms with Gasteiger partial charge in [-0.15, -0.1) is 11.3 Å². The van der Waals surface area contributed by atoms with Crippen molar-refractivity contribution in [1.29, 1.82) is 0 Å². The lowest BCUT2D eigenvalue weighted by Crippen LogP contribution is -2.48. The topological polar surface area (TPSA) is 23.6 Å². The summed E-state index contributed by atoms with van der Waals surface area (Å²) in [6.45, 7) is 3.62. The molecule has 3 heterocycles. The number of halogens is 2. The third-order valence-electron chi connectivity index (χ3n) is 5.56. The van der Waals surface area contributed by atoms with Crippen LogP contribution in [0.5, 0.6) is 0 Å². The van der Waals surface area contributed by atoms with E-state index in [0.29, 0.717) is 16.6 Å². The van der Waals surface area contributed by atoms with Crippen molar-refractivity contribution in [2.45, 2.75) is 38.3 Å². The summed E-state index contributed by atoms with van der Waals surface area (Å²) in [6, 6.07) is 7.33. The van der Waals surface area contributed by atoms with Crippen LogP contribution < -0.4 is 0 Å². The average molecular weight is 393 g/mol. The SMILES string of the molecule is O=C(Cc1c(F)cccc1Cl)N1CCC(N2CCc3sccc3C2)CC1. The lowest BCUT2D eigenvalue weighted by Gasteiger charge is -2.40. The Labute approximate surface area is 162 Å². The second-order valence-electron chi connectivity index (χ2n) is 7.08. The lowest BCUT2D eigenvalue weighted by atomic mass is 9.99. The fourth-order valence-corrected chi connectivity index (χ4v) is 5.15. The van der Waals surface area contributed by atoms with Crippen molar-refractivity contribution in [3.05, 3.63) is 56.5 Å². The van der Waals surface area contributed by atoms with Crippen molar-refractivity contribution in [2.24, 2.45) is 0 Å². The summed E-state index contributed by atoms with van der Waals surface area (Å²) < 4.78 is 13.9. The van der Waals surface area contributed by atoms with E-state index in [1.807, 2.05) is 16.2 Å². The van der Waals surface area contributed by atoms with Gasteiger partial charge in [-0.25, -0.2) is 4.39 Å². The molecule has 0 N–H and O–H groups in total. The maximum Gasteiger partial charge on any atom is 0.227 e. The van der Waals surface area contributed by atoms with Crippen molar-refractivity contribution in [2.75, 3.05) is 19.6 Å². The zero-order chi connectivity index (χ0) is 18.1. The number of nitrogens with zero attached hydrogens (tertiary/aromatic N) is 2. The van der Waals surface area contributed by atoms with Gasteiger partial charge in [0.25, 0.3) is 0 Å². The largest absolute Gasteiger partial charge is 0.342 e. The minimum Gasteiger partial charge on any atom is -0.342 e. The summed E-state index contributed by atoms with van der Waals surface area (Å²) in [5.74, 6) is -0.435. The van der Waals surface area contributed by atoms with E-state index in [-0.39, 0.29) is 12.3 Å². The maximum absolute atomic E-state index is 13.9. The van der Waals surface area contributed by atoms with Crippen LogP contribution in [0, 0.1) is 5.82 Å². The summed E-state index contributed by atoms with van der Waals surface area (Å²) in [5, 5.41) is 2.51. The van der Waals surface area contributed by atoms with Gasteiger partial charge in [0.05, 0.1) is 6.42 Å². The molecule has 2 aliphatic rings. The highest BCUT2D eigenvalue weighted by molar-refractivity contribution is 7.10. The lowest BCUT2D eigenvalue weighted by molar-refractivity contribution is -0.132. The molecule has 3 nitrogen and oxygen atoms in total. The third-order valence-corrected chi connectivity index (χ3v) is 6.94. The van der Waals surface area contributed by atoms with E-state index in [0.717, 1.165) is 45.4 Å². The molecule has 0 bridgehead atoms. The van der Waals surface area contributed by atoms with Crippen molar-refractivity contribution < 1.29 is 9.18 Å². The molecule has 0 saturated carbocycles. The molecule has 0 atom stereocenters. The van der Waals surface area contributed by atoms with E-state index in [1.165, 1.54) is 16.5 Å². The molecule has 0 aliphatic carbocycles. The van der Waals surface area contributed by atoms with Crippen molar-refractivity contribution >= 4 is 28.8 Å². The fraction of sp³-hybridized carbons (Fsp3) is 0.450. The van der Waals surface area contributed by atoms with Gasteiger partial charge in [0.2, 0.25) is 5.91 Å². The van der Waals surface area contributed by atoms with E-state index in [4.69, 9.17) is 11.6 Å². The smallest absolute Gasteiger partial charge is 0.227 e. The van der Waals surface area contributed by atoms with Gasteiger partial charge in [0, 0.05) is 47.7 Å². The normalized spacial score (nSPS) is 18.8. The number of thiophene rings is 1. The molecule has 2 aliphatic heterocycles. The molecule has 26 heavy (non-hydrogen) atoms. The fourth-order valence-electron chi connectivity index (χ4n) is 4.03. The Balaban J connectivity index is 1.33. The Morgan fingerprint density at radius 1 is 1.23 bits per heavy atom. The van der Waals surface area contributed by atoms with Crippen molar-refractivity contribution in [3.8, 4) is 0 Å². The second kappa shape index (κ2) is 7.67. The zero-order valence-electron chi connectivity index (χ0n) is 14.6. The summed E-state index contributed by atoms with van der Waals surface area (Å²) in [7, 11) is 0. The minimum atomic E-state index is -0.402. The van der Waals surface area contributed by atoms with Crippen LogP contribution in [0.15, 0.2) is 29.6 Å². The third kappa shape index (κ3) is 3.66.